The van der Waals surface area contributed by atoms with E-state index in [-0.39, 0.29) is 0 Å². The second-order valence-electron chi connectivity index (χ2n) is 4.44. The molecule has 0 aromatic carbocycles. The van der Waals surface area contributed by atoms with E-state index in [1.807, 2.05) is 0 Å². The molecule has 0 heterocycles. The first-order valence-electron chi connectivity index (χ1n) is 6.15. The zero-order valence-electron chi connectivity index (χ0n) is 10.9. The Morgan fingerprint density at radius 2 is 1.69 bits per heavy atom. The van der Waals surface area contributed by atoms with E-state index in [2.05, 4.69) is 30.8 Å². The van der Waals surface area contributed by atoms with E-state index in [9.17, 15) is 4.79 Å². The molecule has 0 spiro atoms. The molecule has 0 rings (SSSR count). The van der Waals surface area contributed by atoms with Crippen molar-refractivity contribution in [3.05, 3.63) is 0 Å². The molecule has 0 amide bonds. The summed E-state index contributed by atoms with van der Waals surface area (Å²) in [7, 11) is 4.17. The number of nitrogens with zero attached hydrogens (tertiary/aromatic N) is 2. The fraction of sp³-hybridized carbons (Fsp3) is 0.917. The Labute approximate surface area is 99.2 Å². The van der Waals surface area contributed by atoms with Gasteiger partial charge < -0.3 is 14.9 Å². The maximum Gasteiger partial charge on any atom is 0.303 e. The zero-order valence-corrected chi connectivity index (χ0v) is 10.9. The lowest BCUT2D eigenvalue weighted by Crippen LogP contribution is -2.28. The minimum absolute atomic E-state index is 0.301. The summed E-state index contributed by atoms with van der Waals surface area (Å²) < 4.78 is 0. The minimum Gasteiger partial charge on any atom is -0.481 e. The van der Waals surface area contributed by atoms with E-state index in [4.69, 9.17) is 5.11 Å². The molecule has 0 atom stereocenters. The summed E-state index contributed by atoms with van der Waals surface area (Å²) in [5.74, 6) is -0.685. The van der Waals surface area contributed by atoms with Gasteiger partial charge in [-0.1, -0.05) is 6.92 Å². The van der Waals surface area contributed by atoms with Crippen molar-refractivity contribution in [2.45, 2.75) is 32.6 Å². The molecule has 0 radical (unpaired) electrons. The zero-order chi connectivity index (χ0) is 12.4. The predicted molar refractivity (Wildman–Crippen MR) is 66.8 cm³/mol. The number of unbranched alkanes of at least 4 members (excludes halogenated alkanes) is 1. The number of carbonyl (C=O) groups is 1. The van der Waals surface area contributed by atoms with Gasteiger partial charge in [0.1, 0.15) is 0 Å². The molecule has 0 aromatic rings. The quantitative estimate of drug-likeness (QED) is 0.578. The van der Waals surface area contributed by atoms with Crippen LogP contribution in [0.1, 0.15) is 32.6 Å². The van der Waals surface area contributed by atoms with E-state index in [1.54, 1.807) is 0 Å². The molecule has 0 aliphatic heterocycles. The molecular weight excluding hydrogens is 204 g/mol. The first-order valence-corrected chi connectivity index (χ1v) is 6.15. The predicted octanol–water partition coefficient (Wildman–Crippen LogP) is 1.51. The summed E-state index contributed by atoms with van der Waals surface area (Å²) in [5.41, 5.74) is 0. The van der Waals surface area contributed by atoms with Crippen LogP contribution in [0.25, 0.3) is 0 Å². The normalized spacial score (nSPS) is 11.3. The lowest BCUT2D eigenvalue weighted by molar-refractivity contribution is -0.137. The topological polar surface area (TPSA) is 43.8 Å². The summed E-state index contributed by atoms with van der Waals surface area (Å²) in [4.78, 5) is 14.9. The SMILES string of the molecule is CCN(CCCCC(=O)O)CCCN(C)C. The van der Waals surface area contributed by atoms with E-state index in [0.29, 0.717) is 6.42 Å². The molecule has 4 nitrogen and oxygen atoms in total. The van der Waals surface area contributed by atoms with Crippen molar-refractivity contribution in [2.75, 3.05) is 40.3 Å². The molecule has 0 fully saturated rings. The maximum absolute atomic E-state index is 10.3. The standard InChI is InChI=1S/C12H26N2O2/c1-4-14(11-7-9-13(2)3)10-6-5-8-12(15)16/h4-11H2,1-3H3,(H,15,16). The smallest absolute Gasteiger partial charge is 0.303 e. The first-order chi connectivity index (χ1) is 7.56. The Bertz CT molecular complexity index is 184. The van der Waals surface area contributed by atoms with Crippen molar-refractivity contribution >= 4 is 5.97 Å². The van der Waals surface area contributed by atoms with Gasteiger partial charge >= 0.3 is 5.97 Å². The maximum atomic E-state index is 10.3. The monoisotopic (exact) mass is 230 g/mol. The molecular formula is C12H26N2O2. The molecule has 0 saturated carbocycles. The Hall–Kier alpha value is -0.610. The molecule has 16 heavy (non-hydrogen) atoms. The molecule has 0 aromatic heterocycles. The molecule has 1 N–H and O–H groups in total. The van der Waals surface area contributed by atoms with E-state index in [0.717, 1.165) is 39.0 Å². The van der Waals surface area contributed by atoms with E-state index >= 15 is 0 Å². The van der Waals surface area contributed by atoms with Crippen LogP contribution in [0.4, 0.5) is 0 Å². The van der Waals surface area contributed by atoms with Gasteiger partial charge in [0.25, 0.3) is 0 Å². The van der Waals surface area contributed by atoms with E-state index < -0.39 is 5.97 Å². The minimum atomic E-state index is -0.685. The van der Waals surface area contributed by atoms with Crippen molar-refractivity contribution in [2.24, 2.45) is 0 Å². The third-order valence-corrected chi connectivity index (χ3v) is 2.64. The van der Waals surface area contributed by atoms with Gasteiger partial charge in [0, 0.05) is 6.42 Å². The molecule has 0 aliphatic rings. The van der Waals surface area contributed by atoms with Gasteiger partial charge in [0.15, 0.2) is 0 Å². The number of hydrogen-bond donors (Lipinski definition) is 1. The Balaban J connectivity index is 3.47. The van der Waals surface area contributed by atoms with Crippen LogP contribution < -0.4 is 0 Å². The van der Waals surface area contributed by atoms with Gasteiger partial charge in [-0.15, -0.1) is 0 Å². The fourth-order valence-electron chi connectivity index (χ4n) is 1.65. The Morgan fingerprint density at radius 1 is 1.06 bits per heavy atom. The van der Waals surface area contributed by atoms with Crippen molar-refractivity contribution in [1.82, 2.24) is 9.80 Å². The molecule has 0 bridgehead atoms. The van der Waals surface area contributed by atoms with Crippen LogP contribution in [0, 0.1) is 0 Å². The average Bonchev–Trinajstić information content (AvgIpc) is 2.20. The second-order valence-corrected chi connectivity index (χ2v) is 4.44. The lowest BCUT2D eigenvalue weighted by Gasteiger charge is -2.21. The highest BCUT2D eigenvalue weighted by Crippen LogP contribution is 2.00. The van der Waals surface area contributed by atoms with Crippen molar-refractivity contribution in [1.29, 1.82) is 0 Å². The van der Waals surface area contributed by atoms with E-state index in [1.165, 1.54) is 6.42 Å². The van der Waals surface area contributed by atoms with Gasteiger partial charge in [0.2, 0.25) is 0 Å². The van der Waals surface area contributed by atoms with Crippen LogP contribution in [0.5, 0.6) is 0 Å². The van der Waals surface area contributed by atoms with Crippen LogP contribution in [0.3, 0.4) is 0 Å². The third kappa shape index (κ3) is 9.93. The van der Waals surface area contributed by atoms with Gasteiger partial charge in [-0.25, -0.2) is 0 Å². The molecule has 0 unspecified atom stereocenters. The molecule has 96 valence electrons. The van der Waals surface area contributed by atoms with Gasteiger partial charge in [-0.3, -0.25) is 4.79 Å². The van der Waals surface area contributed by atoms with Crippen LogP contribution >= 0.6 is 0 Å². The largest absolute Gasteiger partial charge is 0.481 e. The van der Waals surface area contributed by atoms with Crippen LogP contribution in [0.2, 0.25) is 0 Å². The average molecular weight is 230 g/mol. The summed E-state index contributed by atoms with van der Waals surface area (Å²) in [6.07, 6.45) is 3.26. The van der Waals surface area contributed by atoms with Gasteiger partial charge in [-0.05, 0) is 59.5 Å². The summed E-state index contributed by atoms with van der Waals surface area (Å²) in [6.45, 7) is 6.47. The van der Waals surface area contributed by atoms with Crippen molar-refractivity contribution in [3.63, 3.8) is 0 Å². The molecule has 0 saturated heterocycles. The highest BCUT2D eigenvalue weighted by molar-refractivity contribution is 5.66. The number of hydrogen-bond acceptors (Lipinski definition) is 3. The first kappa shape index (κ1) is 15.4. The number of carboxylic acids is 1. The highest BCUT2D eigenvalue weighted by atomic mass is 16.4. The number of carboxylic acid groups (broad SMARTS) is 1. The number of aliphatic carboxylic acids is 1. The highest BCUT2D eigenvalue weighted by Gasteiger charge is 2.03. The molecule has 4 heteroatoms. The summed E-state index contributed by atoms with van der Waals surface area (Å²) in [6, 6.07) is 0. The Morgan fingerprint density at radius 3 is 2.19 bits per heavy atom. The summed E-state index contributed by atoms with van der Waals surface area (Å²) >= 11 is 0. The van der Waals surface area contributed by atoms with Gasteiger partial charge in [0.05, 0.1) is 0 Å². The summed E-state index contributed by atoms with van der Waals surface area (Å²) in [5, 5.41) is 8.52. The fourth-order valence-corrected chi connectivity index (χ4v) is 1.65. The Kier molecular flexibility index (Phi) is 9.24. The lowest BCUT2D eigenvalue weighted by atomic mass is 10.2. The van der Waals surface area contributed by atoms with Crippen LogP contribution in [0.15, 0.2) is 0 Å². The number of rotatable bonds is 10. The van der Waals surface area contributed by atoms with Gasteiger partial charge in [-0.2, -0.15) is 0 Å². The van der Waals surface area contributed by atoms with Crippen LogP contribution in [-0.4, -0.2) is 61.2 Å². The second kappa shape index (κ2) is 9.60. The van der Waals surface area contributed by atoms with Crippen molar-refractivity contribution < 1.29 is 9.90 Å². The molecule has 0 aliphatic carbocycles. The van der Waals surface area contributed by atoms with Crippen LogP contribution in [-0.2, 0) is 4.79 Å². The third-order valence-electron chi connectivity index (χ3n) is 2.64. The van der Waals surface area contributed by atoms with Crippen molar-refractivity contribution in [3.8, 4) is 0 Å².